The van der Waals surface area contributed by atoms with Crippen LogP contribution in [0.1, 0.15) is 28.4 Å². The molecule has 0 unspecified atom stereocenters. The first kappa shape index (κ1) is 22.6. The van der Waals surface area contributed by atoms with E-state index >= 15 is 0 Å². The number of rotatable bonds is 8. The maximum absolute atomic E-state index is 12.2. The highest BCUT2D eigenvalue weighted by molar-refractivity contribution is 5.83. The lowest BCUT2D eigenvalue weighted by atomic mass is 10.1. The molecule has 9 nitrogen and oxygen atoms in total. The standard InChI is InChI=1S/C25H22N4O5/c1-15-20(16(2)34-29-15)13-32-18-9-7-17(8-10-18)11-24(31)33-14-23(30)19(12-26)25-27-21-5-3-4-6-22(21)28-25/h3-10,30H,11,13-14H2,1-2H3,(H,27,28). The number of nitrogens with zero attached hydrogens (tertiary/aromatic N) is 3. The molecule has 0 aliphatic carbocycles. The number of imidazole rings is 1. The molecule has 34 heavy (non-hydrogen) atoms. The quantitative estimate of drug-likeness (QED) is 0.226. The molecule has 2 heterocycles. The largest absolute Gasteiger partial charge is 0.507 e. The van der Waals surface area contributed by atoms with Crippen molar-refractivity contribution in [3.63, 3.8) is 0 Å². The molecule has 0 aliphatic heterocycles. The number of aryl methyl sites for hydroxylation is 2. The summed E-state index contributed by atoms with van der Waals surface area (Å²) in [5.41, 5.74) is 3.72. The Kier molecular flexibility index (Phi) is 6.59. The summed E-state index contributed by atoms with van der Waals surface area (Å²) in [6.45, 7) is 3.59. The van der Waals surface area contributed by atoms with Crippen LogP contribution < -0.4 is 4.74 Å². The van der Waals surface area contributed by atoms with Gasteiger partial charge in [-0.15, -0.1) is 0 Å². The second-order valence-corrected chi connectivity index (χ2v) is 7.61. The minimum Gasteiger partial charge on any atom is -0.507 e. The summed E-state index contributed by atoms with van der Waals surface area (Å²) in [5.74, 6) is 0.650. The number of aromatic amines is 1. The van der Waals surface area contributed by atoms with Crippen LogP contribution in [-0.4, -0.2) is 32.8 Å². The number of aliphatic hydroxyl groups is 1. The number of hydrogen-bond acceptors (Lipinski definition) is 8. The molecular weight excluding hydrogens is 436 g/mol. The third kappa shape index (κ3) is 5.07. The van der Waals surface area contributed by atoms with Crippen molar-refractivity contribution in [2.75, 3.05) is 6.61 Å². The predicted octanol–water partition coefficient (Wildman–Crippen LogP) is 4.33. The third-order valence-corrected chi connectivity index (χ3v) is 5.23. The molecule has 4 aromatic rings. The smallest absolute Gasteiger partial charge is 0.310 e. The number of H-pyrrole nitrogens is 1. The molecule has 2 aromatic heterocycles. The van der Waals surface area contributed by atoms with E-state index in [-0.39, 0.29) is 23.6 Å². The Labute approximate surface area is 195 Å². The second kappa shape index (κ2) is 9.92. The van der Waals surface area contributed by atoms with Crippen LogP contribution in [0.25, 0.3) is 16.6 Å². The Bertz CT molecular complexity index is 1340. The summed E-state index contributed by atoms with van der Waals surface area (Å²) < 4.78 is 16.0. The number of hydrogen-bond donors (Lipinski definition) is 2. The van der Waals surface area contributed by atoms with Gasteiger partial charge in [0, 0.05) is 0 Å². The predicted molar refractivity (Wildman–Crippen MR) is 123 cm³/mol. The molecule has 172 valence electrons. The first-order valence-corrected chi connectivity index (χ1v) is 10.5. The highest BCUT2D eigenvalue weighted by atomic mass is 16.5. The van der Waals surface area contributed by atoms with Gasteiger partial charge in [-0.25, -0.2) is 4.98 Å². The summed E-state index contributed by atoms with van der Waals surface area (Å²) in [4.78, 5) is 19.5. The lowest BCUT2D eigenvalue weighted by Gasteiger charge is -2.08. The molecule has 0 radical (unpaired) electrons. The number of aromatic nitrogens is 3. The van der Waals surface area contributed by atoms with Crippen molar-refractivity contribution in [3.8, 4) is 11.8 Å². The Hall–Kier alpha value is -4.58. The molecule has 4 rings (SSSR count). The topological polar surface area (TPSA) is 134 Å². The third-order valence-electron chi connectivity index (χ3n) is 5.23. The van der Waals surface area contributed by atoms with Gasteiger partial charge in [-0.05, 0) is 43.7 Å². The molecule has 0 atom stereocenters. The van der Waals surface area contributed by atoms with E-state index in [1.807, 2.05) is 38.1 Å². The zero-order valence-corrected chi connectivity index (χ0v) is 18.7. The van der Waals surface area contributed by atoms with E-state index < -0.39 is 12.6 Å². The van der Waals surface area contributed by atoms with Gasteiger partial charge in [0.25, 0.3) is 0 Å². The minimum atomic E-state index is -0.544. The van der Waals surface area contributed by atoms with Gasteiger partial charge in [0.1, 0.15) is 36.4 Å². The SMILES string of the molecule is Cc1noc(C)c1COc1ccc(CC(=O)OCC(O)=C(C#N)c2nc3ccccc3[nH]2)cc1. The lowest BCUT2D eigenvalue weighted by Crippen LogP contribution is -2.11. The number of nitriles is 1. The number of aliphatic hydroxyl groups excluding tert-OH is 1. The summed E-state index contributed by atoms with van der Waals surface area (Å²) >= 11 is 0. The van der Waals surface area contributed by atoms with E-state index in [1.54, 1.807) is 30.3 Å². The van der Waals surface area contributed by atoms with E-state index in [1.165, 1.54) is 0 Å². The van der Waals surface area contributed by atoms with Crippen LogP contribution in [0.2, 0.25) is 0 Å². The number of nitrogens with one attached hydrogen (secondary N) is 1. The van der Waals surface area contributed by atoms with Crippen LogP contribution >= 0.6 is 0 Å². The number of fused-ring (bicyclic) bond motifs is 1. The number of allylic oxidation sites excluding steroid dienone is 1. The van der Waals surface area contributed by atoms with Crippen LogP contribution in [0.4, 0.5) is 0 Å². The van der Waals surface area contributed by atoms with Gasteiger partial charge >= 0.3 is 5.97 Å². The van der Waals surface area contributed by atoms with Gasteiger partial charge in [0.2, 0.25) is 0 Å². The maximum Gasteiger partial charge on any atom is 0.310 e. The van der Waals surface area contributed by atoms with Gasteiger partial charge in [0.15, 0.2) is 11.6 Å². The van der Waals surface area contributed by atoms with Gasteiger partial charge < -0.3 is 24.1 Å². The molecule has 2 N–H and O–H groups in total. The first-order valence-electron chi connectivity index (χ1n) is 10.5. The van der Waals surface area contributed by atoms with E-state index in [4.69, 9.17) is 14.0 Å². The first-order chi connectivity index (χ1) is 16.4. The molecule has 0 saturated carbocycles. The Morgan fingerprint density at radius 1 is 1.18 bits per heavy atom. The van der Waals surface area contributed by atoms with Crippen molar-refractivity contribution in [2.45, 2.75) is 26.9 Å². The second-order valence-electron chi connectivity index (χ2n) is 7.61. The summed E-state index contributed by atoms with van der Waals surface area (Å²) in [6, 6.07) is 16.2. The average molecular weight is 458 g/mol. The Morgan fingerprint density at radius 2 is 1.94 bits per heavy atom. The average Bonchev–Trinajstić information content (AvgIpc) is 3.40. The number of carbonyl (C=O) groups is 1. The number of ether oxygens (including phenoxy) is 2. The molecule has 0 amide bonds. The van der Waals surface area contributed by atoms with Crippen LogP contribution in [0, 0.1) is 25.2 Å². The Morgan fingerprint density at radius 3 is 2.62 bits per heavy atom. The molecule has 2 aromatic carbocycles. The number of benzene rings is 2. The van der Waals surface area contributed by atoms with E-state index in [9.17, 15) is 15.2 Å². The van der Waals surface area contributed by atoms with E-state index in [0.717, 1.165) is 22.3 Å². The number of carbonyl (C=O) groups excluding carboxylic acids is 1. The number of esters is 1. The molecule has 0 bridgehead atoms. The monoisotopic (exact) mass is 458 g/mol. The summed E-state index contributed by atoms with van der Waals surface area (Å²) in [7, 11) is 0. The molecule has 0 spiro atoms. The van der Waals surface area contributed by atoms with Crippen molar-refractivity contribution in [1.29, 1.82) is 5.26 Å². The fourth-order valence-electron chi connectivity index (χ4n) is 3.33. The van der Waals surface area contributed by atoms with Gasteiger partial charge in [-0.2, -0.15) is 5.26 Å². The van der Waals surface area contributed by atoms with Crippen LogP contribution in [0.15, 0.2) is 58.8 Å². The van der Waals surface area contributed by atoms with E-state index in [2.05, 4.69) is 15.1 Å². The zero-order valence-electron chi connectivity index (χ0n) is 18.7. The van der Waals surface area contributed by atoms with Gasteiger partial charge in [-0.3, -0.25) is 4.79 Å². The zero-order chi connectivity index (χ0) is 24.1. The molecule has 0 fully saturated rings. The van der Waals surface area contributed by atoms with Crippen LogP contribution in [-0.2, 0) is 22.6 Å². The lowest BCUT2D eigenvalue weighted by molar-refractivity contribution is -0.142. The highest BCUT2D eigenvalue weighted by Gasteiger charge is 2.15. The maximum atomic E-state index is 12.2. The van der Waals surface area contributed by atoms with Crippen LogP contribution in [0.3, 0.4) is 0 Å². The fraction of sp³-hybridized carbons (Fsp3) is 0.200. The van der Waals surface area contributed by atoms with Crippen molar-refractivity contribution in [3.05, 3.63) is 82.7 Å². The van der Waals surface area contributed by atoms with Crippen LogP contribution in [0.5, 0.6) is 5.75 Å². The highest BCUT2D eigenvalue weighted by Crippen LogP contribution is 2.20. The number of para-hydroxylation sites is 2. The van der Waals surface area contributed by atoms with Gasteiger partial charge in [-0.1, -0.05) is 29.4 Å². The minimum absolute atomic E-state index is 0.00392. The van der Waals surface area contributed by atoms with Crippen molar-refractivity contribution >= 4 is 22.6 Å². The summed E-state index contributed by atoms with van der Waals surface area (Å²) in [6.07, 6.45) is 0.00392. The van der Waals surface area contributed by atoms with Crippen molar-refractivity contribution in [1.82, 2.24) is 15.1 Å². The van der Waals surface area contributed by atoms with Gasteiger partial charge in [0.05, 0.1) is 28.7 Å². The van der Waals surface area contributed by atoms with E-state index in [0.29, 0.717) is 23.6 Å². The molecule has 9 heteroatoms. The molecular formula is C25H22N4O5. The van der Waals surface area contributed by atoms with Crippen molar-refractivity contribution < 1.29 is 23.9 Å². The molecule has 0 aliphatic rings. The molecule has 0 saturated heterocycles. The fourth-order valence-corrected chi connectivity index (χ4v) is 3.33. The summed E-state index contributed by atoms with van der Waals surface area (Å²) in [5, 5.41) is 23.7. The Balaban J connectivity index is 1.32. The normalized spacial score (nSPS) is 11.7. The van der Waals surface area contributed by atoms with Crippen molar-refractivity contribution in [2.24, 2.45) is 0 Å².